The molecule has 2 aromatic rings. The number of benzene rings is 1. The van der Waals surface area contributed by atoms with Gasteiger partial charge in [-0.25, -0.2) is 9.78 Å². The van der Waals surface area contributed by atoms with Gasteiger partial charge in [0, 0.05) is 17.8 Å². The number of halogens is 3. The highest BCUT2D eigenvalue weighted by atomic mass is 19.4. The van der Waals surface area contributed by atoms with E-state index in [0.29, 0.717) is 6.20 Å². The van der Waals surface area contributed by atoms with Crippen LogP contribution in [0.2, 0.25) is 0 Å². The monoisotopic (exact) mass is 382 g/mol. The van der Waals surface area contributed by atoms with Gasteiger partial charge in [0.2, 0.25) is 5.88 Å². The minimum atomic E-state index is -4.48. The Balaban J connectivity index is 2.04. The minimum Gasteiger partial charge on any atom is -0.480 e. The van der Waals surface area contributed by atoms with Gasteiger partial charge in [0.25, 0.3) is 5.91 Å². The molecule has 6 nitrogen and oxygen atoms in total. The number of nitrogens with zero attached hydrogens (tertiary/aromatic N) is 1. The highest BCUT2D eigenvalue weighted by Gasteiger charge is 2.30. The van der Waals surface area contributed by atoms with Gasteiger partial charge in [-0.15, -0.1) is 0 Å². The number of carbonyl (C=O) groups excluding carboxylic acids is 1. The molecule has 0 aliphatic carbocycles. The standard InChI is InChI=1S/C18H17F3N2O4/c1-10(2)15(17(25)26)23-16(24)11-3-6-13(7-4-11)27-14-8-5-12(9-22-14)18(19,20)21/h3-10,15H,1-2H3,(H,23,24)(H,25,26)/t15-/m1/s1. The van der Waals surface area contributed by atoms with E-state index in [1.807, 2.05) is 0 Å². The first kappa shape index (κ1) is 20.2. The molecular weight excluding hydrogens is 365 g/mol. The summed E-state index contributed by atoms with van der Waals surface area (Å²) in [4.78, 5) is 26.9. The van der Waals surface area contributed by atoms with Crippen molar-refractivity contribution in [3.63, 3.8) is 0 Å². The van der Waals surface area contributed by atoms with Crippen molar-refractivity contribution in [2.24, 2.45) is 5.92 Å². The number of rotatable bonds is 6. The quantitative estimate of drug-likeness (QED) is 0.795. The number of pyridine rings is 1. The van der Waals surface area contributed by atoms with E-state index in [2.05, 4.69) is 10.3 Å². The van der Waals surface area contributed by atoms with Gasteiger partial charge >= 0.3 is 12.1 Å². The number of carbonyl (C=O) groups is 2. The normalized spacial score (nSPS) is 12.5. The van der Waals surface area contributed by atoms with Crippen molar-refractivity contribution < 1.29 is 32.6 Å². The molecule has 0 aliphatic heterocycles. The van der Waals surface area contributed by atoms with Crippen molar-refractivity contribution >= 4 is 11.9 Å². The van der Waals surface area contributed by atoms with Crippen LogP contribution in [0.15, 0.2) is 42.6 Å². The Morgan fingerprint density at radius 2 is 1.74 bits per heavy atom. The lowest BCUT2D eigenvalue weighted by Crippen LogP contribution is -2.44. The lowest BCUT2D eigenvalue weighted by Gasteiger charge is -2.17. The lowest BCUT2D eigenvalue weighted by molar-refractivity contribution is -0.140. The maximum Gasteiger partial charge on any atom is 0.417 e. The number of ether oxygens (including phenoxy) is 1. The summed E-state index contributed by atoms with van der Waals surface area (Å²) in [5.74, 6) is -1.76. The molecule has 0 radical (unpaired) electrons. The Morgan fingerprint density at radius 1 is 1.11 bits per heavy atom. The average Bonchev–Trinajstić information content (AvgIpc) is 2.59. The predicted molar refractivity (Wildman–Crippen MR) is 89.5 cm³/mol. The number of hydrogen-bond donors (Lipinski definition) is 2. The number of hydrogen-bond acceptors (Lipinski definition) is 4. The van der Waals surface area contributed by atoms with Gasteiger partial charge in [-0.2, -0.15) is 13.2 Å². The predicted octanol–water partition coefficient (Wildman–Crippen LogP) is 3.73. The summed E-state index contributed by atoms with van der Waals surface area (Å²) in [6.45, 7) is 3.35. The van der Waals surface area contributed by atoms with Gasteiger partial charge in [0.15, 0.2) is 0 Å². The maximum atomic E-state index is 12.5. The second-order valence-corrected chi connectivity index (χ2v) is 6.04. The molecule has 1 aromatic heterocycles. The zero-order valence-corrected chi connectivity index (χ0v) is 14.4. The van der Waals surface area contributed by atoms with Gasteiger partial charge < -0.3 is 15.2 Å². The highest BCUT2D eigenvalue weighted by molar-refractivity contribution is 5.96. The van der Waals surface area contributed by atoms with Crippen LogP contribution in [-0.4, -0.2) is 28.0 Å². The van der Waals surface area contributed by atoms with Crippen LogP contribution in [-0.2, 0) is 11.0 Å². The number of carboxylic acid groups (broad SMARTS) is 1. The molecule has 0 saturated heterocycles. The van der Waals surface area contributed by atoms with Crippen LogP contribution < -0.4 is 10.1 Å². The van der Waals surface area contributed by atoms with Gasteiger partial charge in [0.1, 0.15) is 11.8 Å². The minimum absolute atomic E-state index is 0.0362. The van der Waals surface area contributed by atoms with Crippen molar-refractivity contribution in [2.45, 2.75) is 26.1 Å². The summed E-state index contributed by atoms with van der Waals surface area (Å²) in [5.41, 5.74) is -0.672. The number of aromatic nitrogens is 1. The fraction of sp³-hybridized carbons (Fsp3) is 0.278. The molecule has 0 unspecified atom stereocenters. The third-order valence-electron chi connectivity index (χ3n) is 3.62. The number of amides is 1. The third kappa shape index (κ3) is 5.44. The molecule has 2 rings (SSSR count). The van der Waals surface area contributed by atoms with Crippen molar-refractivity contribution in [2.75, 3.05) is 0 Å². The van der Waals surface area contributed by atoms with Gasteiger partial charge in [-0.1, -0.05) is 13.8 Å². The Labute approximate surface area is 153 Å². The molecule has 0 spiro atoms. The van der Waals surface area contributed by atoms with Gasteiger partial charge in [0.05, 0.1) is 5.56 Å². The lowest BCUT2D eigenvalue weighted by atomic mass is 10.0. The van der Waals surface area contributed by atoms with E-state index in [4.69, 9.17) is 9.84 Å². The van der Waals surface area contributed by atoms with Crippen LogP contribution >= 0.6 is 0 Å². The zero-order valence-electron chi connectivity index (χ0n) is 14.4. The first-order valence-electron chi connectivity index (χ1n) is 7.92. The molecule has 0 fully saturated rings. The molecule has 1 heterocycles. The topological polar surface area (TPSA) is 88.5 Å². The molecule has 0 saturated carbocycles. The van der Waals surface area contributed by atoms with E-state index in [1.54, 1.807) is 13.8 Å². The average molecular weight is 382 g/mol. The molecule has 0 aliphatic rings. The van der Waals surface area contributed by atoms with Gasteiger partial charge in [-0.3, -0.25) is 4.79 Å². The SMILES string of the molecule is CC(C)[C@@H](NC(=O)c1ccc(Oc2ccc(C(F)(F)F)cn2)cc1)C(=O)O. The smallest absolute Gasteiger partial charge is 0.417 e. The van der Waals surface area contributed by atoms with Crippen molar-refractivity contribution in [3.05, 3.63) is 53.7 Å². The fourth-order valence-corrected chi connectivity index (χ4v) is 2.14. The maximum absolute atomic E-state index is 12.5. The zero-order chi connectivity index (χ0) is 20.2. The second-order valence-electron chi connectivity index (χ2n) is 6.04. The molecule has 1 aromatic carbocycles. The van der Waals surface area contributed by atoms with Gasteiger partial charge in [-0.05, 0) is 36.2 Å². The fourth-order valence-electron chi connectivity index (χ4n) is 2.14. The van der Waals surface area contributed by atoms with E-state index in [9.17, 15) is 22.8 Å². The molecule has 1 atom stereocenters. The summed E-state index contributed by atoms with van der Waals surface area (Å²) in [7, 11) is 0. The summed E-state index contributed by atoms with van der Waals surface area (Å²) >= 11 is 0. The van der Waals surface area contributed by atoms with E-state index in [-0.39, 0.29) is 23.1 Å². The molecule has 1 amide bonds. The van der Waals surface area contributed by atoms with Crippen LogP contribution in [0, 0.1) is 5.92 Å². The van der Waals surface area contributed by atoms with E-state index in [1.165, 1.54) is 24.3 Å². The van der Waals surface area contributed by atoms with Crippen LogP contribution in [0.5, 0.6) is 11.6 Å². The summed E-state index contributed by atoms with van der Waals surface area (Å²) < 4.78 is 42.8. The number of nitrogens with one attached hydrogen (secondary N) is 1. The third-order valence-corrected chi connectivity index (χ3v) is 3.62. The number of alkyl halides is 3. The number of aliphatic carboxylic acids is 1. The molecule has 27 heavy (non-hydrogen) atoms. The van der Waals surface area contributed by atoms with Crippen LogP contribution in [0.3, 0.4) is 0 Å². The summed E-state index contributed by atoms with van der Waals surface area (Å²) in [6.07, 6.45) is -3.82. The van der Waals surface area contributed by atoms with E-state index in [0.717, 1.165) is 12.1 Å². The first-order valence-corrected chi connectivity index (χ1v) is 7.92. The van der Waals surface area contributed by atoms with Crippen LogP contribution in [0.1, 0.15) is 29.8 Å². The highest BCUT2D eigenvalue weighted by Crippen LogP contribution is 2.30. The van der Waals surface area contributed by atoms with E-state index >= 15 is 0 Å². The molecule has 2 N–H and O–H groups in total. The summed E-state index contributed by atoms with van der Waals surface area (Å²) in [6, 6.07) is 6.59. The van der Waals surface area contributed by atoms with Crippen molar-refractivity contribution in [3.8, 4) is 11.6 Å². The Morgan fingerprint density at radius 3 is 2.19 bits per heavy atom. The van der Waals surface area contributed by atoms with Crippen molar-refractivity contribution in [1.29, 1.82) is 0 Å². The molecule has 0 bridgehead atoms. The van der Waals surface area contributed by atoms with Crippen molar-refractivity contribution in [1.82, 2.24) is 10.3 Å². The van der Waals surface area contributed by atoms with E-state index < -0.39 is 29.7 Å². The Kier molecular flexibility index (Phi) is 6.04. The van der Waals surface area contributed by atoms with Crippen LogP contribution in [0.4, 0.5) is 13.2 Å². The molecule has 9 heteroatoms. The Bertz CT molecular complexity index is 803. The number of carboxylic acids is 1. The largest absolute Gasteiger partial charge is 0.480 e. The van der Waals surface area contributed by atoms with Crippen LogP contribution in [0.25, 0.3) is 0 Å². The molecular formula is C18H17F3N2O4. The second kappa shape index (κ2) is 8.07. The first-order chi connectivity index (χ1) is 12.6. The summed E-state index contributed by atoms with van der Waals surface area (Å²) in [5, 5.41) is 11.5. The Hall–Kier alpha value is -3.10. The molecule has 144 valence electrons.